The van der Waals surface area contributed by atoms with E-state index >= 15 is 0 Å². The SMILES string of the molecule is Cc1ncc([N+](=O)[O-])cc1-c1ccccc1. The molecule has 0 bridgehead atoms. The molecule has 0 spiro atoms. The van der Waals surface area contributed by atoms with Crippen LogP contribution in [0.25, 0.3) is 11.1 Å². The van der Waals surface area contributed by atoms with Crippen LogP contribution in [-0.4, -0.2) is 9.91 Å². The molecule has 1 aromatic heterocycles. The summed E-state index contributed by atoms with van der Waals surface area (Å²) in [5.41, 5.74) is 2.55. The molecule has 1 heterocycles. The van der Waals surface area contributed by atoms with Crippen molar-refractivity contribution in [2.45, 2.75) is 6.92 Å². The highest BCUT2D eigenvalue weighted by Crippen LogP contribution is 2.25. The van der Waals surface area contributed by atoms with Gasteiger partial charge in [-0.05, 0) is 12.5 Å². The lowest BCUT2D eigenvalue weighted by molar-refractivity contribution is -0.385. The summed E-state index contributed by atoms with van der Waals surface area (Å²) in [5.74, 6) is 0. The van der Waals surface area contributed by atoms with Gasteiger partial charge in [-0.25, -0.2) is 0 Å². The molecule has 4 heteroatoms. The van der Waals surface area contributed by atoms with Gasteiger partial charge >= 0.3 is 0 Å². The topological polar surface area (TPSA) is 56.0 Å². The van der Waals surface area contributed by atoms with E-state index in [4.69, 9.17) is 0 Å². The van der Waals surface area contributed by atoms with Crippen molar-refractivity contribution in [1.82, 2.24) is 4.98 Å². The number of hydrogen-bond donors (Lipinski definition) is 0. The first-order valence-electron chi connectivity index (χ1n) is 4.85. The van der Waals surface area contributed by atoms with Gasteiger partial charge in [0.05, 0.1) is 4.92 Å². The van der Waals surface area contributed by atoms with Crippen LogP contribution in [0.4, 0.5) is 5.69 Å². The van der Waals surface area contributed by atoms with Crippen molar-refractivity contribution in [2.24, 2.45) is 0 Å². The van der Waals surface area contributed by atoms with E-state index in [0.29, 0.717) is 0 Å². The van der Waals surface area contributed by atoms with Gasteiger partial charge in [-0.15, -0.1) is 0 Å². The molecule has 0 fully saturated rings. The highest BCUT2D eigenvalue weighted by Gasteiger charge is 2.10. The summed E-state index contributed by atoms with van der Waals surface area (Å²) in [6.45, 7) is 1.84. The average molecular weight is 214 g/mol. The third-order valence-electron chi connectivity index (χ3n) is 2.37. The van der Waals surface area contributed by atoms with Crippen LogP contribution in [0.1, 0.15) is 5.69 Å². The Morgan fingerprint density at radius 1 is 1.25 bits per heavy atom. The Morgan fingerprint density at radius 2 is 1.94 bits per heavy atom. The number of nitrogens with zero attached hydrogens (tertiary/aromatic N) is 2. The smallest absolute Gasteiger partial charge is 0.258 e. The Balaban J connectivity index is 2.56. The zero-order valence-corrected chi connectivity index (χ0v) is 8.75. The monoisotopic (exact) mass is 214 g/mol. The highest BCUT2D eigenvalue weighted by atomic mass is 16.6. The summed E-state index contributed by atoms with van der Waals surface area (Å²) in [7, 11) is 0. The molecule has 2 aromatic rings. The Labute approximate surface area is 92.7 Å². The van der Waals surface area contributed by atoms with Gasteiger partial charge in [-0.3, -0.25) is 15.1 Å². The van der Waals surface area contributed by atoms with Gasteiger partial charge in [0.15, 0.2) is 0 Å². The van der Waals surface area contributed by atoms with Crippen LogP contribution >= 0.6 is 0 Å². The number of nitro groups is 1. The van der Waals surface area contributed by atoms with Crippen molar-refractivity contribution in [2.75, 3.05) is 0 Å². The van der Waals surface area contributed by atoms with Crippen LogP contribution in [0.2, 0.25) is 0 Å². The fourth-order valence-corrected chi connectivity index (χ4v) is 1.53. The Kier molecular flexibility index (Phi) is 2.64. The first kappa shape index (κ1) is 10.3. The lowest BCUT2D eigenvalue weighted by Gasteiger charge is -2.04. The summed E-state index contributed by atoms with van der Waals surface area (Å²) >= 11 is 0. The van der Waals surface area contributed by atoms with Gasteiger partial charge < -0.3 is 0 Å². The first-order chi connectivity index (χ1) is 7.68. The lowest BCUT2D eigenvalue weighted by Crippen LogP contribution is -1.93. The molecule has 0 N–H and O–H groups in total. The zero-order valence-electron chi connectivity index (χ0n) is 8.75. The number of aryl methyl sites for hydroxylation is 1. The van der Waals surface area contributed by atoms with Gasteiger partial charge in [0, 0.05) is 17.3 Å². The van der Waals surface area contributed by atoms with Crippen LogP contribution in [0.15, 0.2) is 42.6 Å². The second kappa shape index (κ2) is 4.10. The van der Waals surface area contributed by atoms with Gasteiger partial charge in [0.25, 0.3) is 5.69 Å². The van der Waals surface area contributed by atoms with Crippen molar-refractivity contribution in [3.63, 3.8) is 0 Å². The molecule has 0 saturated carbocycles. The van der Waals surface area contributed by atoms with E-state index in [1.54, 1.807) is 6.07 Å². The average Bonchev–Trinajstić information content (AvgIpc) is 2.30. The second-order valence-electron chi connectivity index (χ2n) is 3.45. The molecule has 0 atom stereocenters. The van der Waals surface area contributed by atoms with Crippen molar-refractivity contribution < 1.29 is 4.92 Å². The van der Waals surface area contributed by atoms with Crippen LogP contribution in [0.5, 0.6) is 0 Å². The molecule has 4 nitrogen and oxygen atoms in total. The van der Waals surface area contributed by atoms with Crippen molar-refractivity contribution in [1.29, 1.82) is 0 Å². The molecule has 0 radical (unpaired) electrons. The van der Waals surface area contributed by atoms with E-state index in [1.165, 1.54) is 6.20 Å². The van der Waals surface area contributed by atoms with E-state index in [9.17, 15) is 10.1 Å². The molecule has 80 valence electrons. The maximum absolute atomic E-state index is 10.7. The molecule has 0 aliphatic rings. The number of benzene rings is 1. The predicted molar refractivity (Wildman–Crippen MR) is 61.1 cm³/mol. The predicted octanol–water partition coefficient (Wildman–Crippen LogP) is 2.97. The van der Waals surface area contributed by atoms with Crippen molar-refractivity contribution in [3.05, 3.63) is 58.4 Å². The quantitative estimate of drug-likeness (QED) is 0.570. The highest BCUT2D eigenvalue weighted by molar-refractivity contribution is 5.67. The number of rotatable bonds is 2. The van der Waals surface area contributed by atoms with Crippen molar-refractivity contribution >= 4 is 5.69 Å². The Hall–Kier alpha value is -2.23. The normalized spacial score (nSPS) is 10.1. The van der Waals surface area contributed by atoms with Crippen LogP contribution < -0.4 is 0 Å². The Bertz CT molecular complexity index is 524. The van der Waals surface area contributed by atoms with E-state index < -0.39 is 4.92 Å². The molecule has 2 rings (SSSR count). The van der Waals surface area contributed by atoms with Crippen LogP contribution in [-0.2, 0) is 0 Å². The number of pyridine rings is 1. The minimum absolute atomic E-state index is 0.0180. The molecule has 0 saturated heterocycles. The molecular weight excluding hydrogens is 204 g/mol. The summed E-state index contributed by atoms with van der Waals surface area (Å²) in [6, 6.07) is 11.1. The van der Waals surface area contributed by atoms with Crippen LogP contribution in [0, 0.1) is 17.0 Å². The first-order valence-corrected chi connectivity index (χ1v) is 4.85. The standard InChI is InChI=1S/C12H10N2O2/c1-9-12(10-5-3-2-4-6-10)7-11(8-13-9)14(15)16/h2-8H,1H3. The molecule has 1 aromatic carbocycles. The second-order valence-corrected chi connectivity index (χ2v) is 3.45. The lowest BCUT2D eigenvalue weighted by atomic mass is 10.0. The number of hydrogen-bond acceptors (Lipinski definition) is 3. The summed E-state index contributed by atoms with van der Waals surface area (Å²) in [4.78, 5) is 14.3. The molecule has 16 heavy (non-hydrogen) atoms. The largest absolute Gasteiger partial charge is 0.288 e. The van der Waals surface area contributed by atoms with E-state index in [1.807, 2.05) is 37.3 Å². The Morgan fingerprint density at radius 3 is 2.56 bits per heavy atom. The van der Waals surface area contributed by atoms with Gasteiger partial charge in [0.1, 0.15) is 6.20 Å². The molecule has 0 amide bonds. The third-order valence-corrected chi connectivity index (χ3v) is 2.37. The van der Waals surface area contributed by atoms with E-state index in [-0.39, 0.29) is 5.69 Å². The van der Waals surface area contributed by atoms with Crippen molar-refractivity contribution in [3.8, 4) is 11.1 Å². The molecule has 0 aliphatic heterocycles. The maximum Gasteiger partial charge on any atom is 0.288 e. The fraction of sp³-hybridized carbons (Fsp3) is 0.0833. The third kappa shape index (κ3) is 1.91. The number of aromatic nitrogens is 1. The summed E-state index contributed by atoms with van der Waals surface area (Å²) < 4.78 is 0. The minimum Gasteiger partial charge on any atom is -0.258 e. The molecular formula is C12H10N2O2. The van der Waals surface area contributed by atoms with Crippen LogP contribution in [0.3, 0.4) is 0 Å². The van der Waals surface area contributed by atoms with Gasteiger partial charge in [0.2, 0.25) is 0 Å². The minimum atomic E-state index is -0.432. The molecule has 0 aliphatic carbocycles. The van der Waals surface area contributed by atoms with E-state index in [0.717, 1.165) is 16.8 Å². The summed E-state index contributed by atoms with van der Waals surface area (Å²) in [6.07, 6.45) is 1.28. The fourth-order valence-electron chi connectivity index (χ4n) is 1.53. The van der Waals surface area contributed by atoms with Gasteiger partial charge in [-0.2, -0.15) is 0 Å². The zero-order chi connectivity index (χ0) is 11.5. The summed E-state index contributed by atoms with van der Waals surface area (Å²) in [5, 5.41) is 10.7. The molecule has 0 unspecified atom stereocenters. The van der Waals surface area contributed by atoms with E-state index in [2.05, 4.69) is 4.98 Å². The maximum atomic E-state index is 10.7. The van der Waals surface area contributed by atoms with Gasteiger partial charge in [-0.1, -0.05) is 30.3 Å².